The second-order valence-corrected chi connectivity index (χ2v) is 5.19. The Balaban J connectivity index is 1.95. The molecular weight excluding hydrogens is 277 g/mol. The van der Waals surface area contributed by atoms with Crippen molar-refractivity contribution < 1.29 is 0 Å². The van der Waals surface area contributed by atoms with Crippen LogP contribution in [0.15, 0.2) is 60.8 Å². The minimum Gasteiger partial charge on any atom is -0.361 e. The summed E-state index contributed by atoms with van der Waals surface area (Å²) in [6.07, 6.45) is 1.99. The summed E-state index contributed by atoms with van der Waals surface area (Å²) in [5, 5.41) is 1.49. The molecule has 19 heavy (non-hydrogen) atoms. The van der Waals surface area contributed by atoms with Crippen molar-refractivity contribution in [3.63, 3.8) is 0 Å². The van der Waals surface area contributed by atoms with Gasteiger partial charge < -0.3 is 4.98 Å². The van der Waals surface area contributed by atoms with E-state index in [2.05, 4.69) is 11.1 Å². The first-order valence-electron chi connectivity index (χ1n) is 5.93. The van der Waals surface area contributed by atoms with Gasteiger partial charge in [0.2, 0.25) is 0 Å². The van der Waals surface area contributed by atoms with Crippen molar-refractivity contribution in [3.8, 4) is 22.4 Å². The second-order valence-electron chi connectivity index (χ2n) is 4.32. The molecule has 3 aromatic rings. The van der Waals surface area contributed by atoms with Crippen LogP contribution >= 0.6 is 23.2 Å². The summed E-state index contributed by atoms with van der Waals surface area (Å²) in [5.41, 5.74) is 4.47. The first-order chi connectivity index (χ1) is 9.22. The number of nitrogens with one attached hydrogen (secondary N) is 1. The molecule has 0 atom stereocenters. The number of H-pyrrole nitrogens is 1. The van der Waals surface area contributed by atoms with E-state index in [4.69, 9.17) is 23.2 Å². The zero-order chi connectivity index (χ0) is 13.2. The van der Waals surface area contributed by atoms with Crippen molar-refractivity contribution in [2.75, 3.05) is 0 Å². The smallest absolute Gasteiger partial charge is 0.0460 e. The van der Waals surface area contributed by atoms with Crippen molar-refractivity contribution >= 4 is 23.2 Å². The summed E-state index contributed by atoms with van der Waals surface area (Å²) >= 11 is 11.8. The Bertz CT molecular complexity index is 622. The fourth-order valence-electron chi connectivity index (χ4n) is 2.00. The highest BCUT2D eigenvalue weighted by molar-refractivity contribution is 6.30. The molecule has 0 saturated heterocycles. The van der Waals surface area contributed by atoms with E-state index in [1.807, 2.05) is 54.7 Å². The maximum absolute atomic E-state index is 5.89. The summed E-state index contributed by atoms with van der Waals surface area (Å²) in [7, 11) is 0. The molecule has 1 nitrogen and oxygen atoms in total. The van der Waals surface area contributed by atoms with Crippen molar-refractivity contribution in [2.45, 2.75) is 0 Å². The van der Waals surface area contributed by atoms with E-state index in [0.717, 1.165) is 32.4 Å². The van der Waals surface area contributed by atoms with Gasteiger partial charge >= 0.3 is 0 Å². The number of aromatic amines is 1. The van der Waals surface area contributed by atoms with Crippen LogP contribution in [-0.2, 0) is 0 Å². The number of hydrogen-bond acceptors (Lipinski definition) is 0. The number of benzene rings is 2. The van der Waals surface area contributed by atoms with Crippen LogP contribution in [-0.4, -0.2) is 4.98 Å². The van der Waals surface area contributed by atoms with Gasteiger partial charge in [-0.3, -0.25) is 0 Å². The van der Waals surface area contributed by atoms with Crippen LogP contribution in [0.5, 0.6) is 0 Å². The molecule has 2 aromatic carbocycles. The molecular formula is C16H11Cl2N. The van der Waals surface area contributed by atoms with E-state index >= 15 is 0 Å². The van der Waals surface area contributed by atoms with Crippen LogP contribution in [0.1, 0.15) is 0 Å². The second kappa shape index (κ2) is 5.12. The molecule has 0 saturated carbocycles. The molecule has 0 bridgehead atoms. The molecule has 0 aliphatic rings. The average molecular weight is 288 g/mol. The fourth-order valence-corrected chi connectivity index (χ4v) is 2.25. The molecule has 1 heterocycles. The van der Waals surface area contributed by atoms with Gasteiger partial charge in [0.1, 0.15) is 0 Å². The van der Waals surface area contributed by atoms with Crippen molar-refractivity contribution in [1.29, 1.82) is 0 Å². The number of halogens is 2. The highest BCUT2D eigenvalue weighted by atomic mass is 35.5. The van der Waals surface area contributed by atoms with Gasteiger partial charge in [-0.15, -0.1) is 0 Å². The molecule has 0 radical (unpaired) electrons. The summed E-state index contributed by atoms with van der Waals surface area (Å²) in [6.45, 7) is 0. The third-order valence-electron chi connectivity index (χ3n) is 3.02. The molecule has 94 valence electrons. The van der Waals surface area contributed by atoms with E-state index in [1.54, 1.807) is 0 Å². The van der Waals surface area contributed by atoms with E-state index in [0.29, 0.717) is 0 Å². The normalized spacial score (nSPS) is 10.6. The maximum atomic E-state index is 5.89. The molecule has 0 fully saturated rings. The van der Waals surface area contributed by atoms with Crippen LogP contribution in [0, 0.1) is 0 Å². The maximum Gasteiger partial charge on any atom is 0.0460 e. The van der Waals surface area contributed by atoms with E-state index in [9.17, 15) is 0 Å². The largest absolute Gasteiger partial charge is 0.361 e. The highest BCUT2D eigenvalue weighted by Gasteiger charge is 2.04. The van der Waals surface area contributed by atoms with Gasteiger partial charge in [0, 0.05) is 21.9 Å². The SMILES string of the molecule is Clc1ccc(-c2c[nH]c(-c3ccc(Cl)cc3)c2)cc1. The van der Waals surface area contributed by atoms with Gasteiger partial charge in [-0.25, -0.2) is 0 Å². The average Bonchev–Trinajstić information content (AvgIpc) is 2.90. The van der Waals surface area contributed by atoms with Crippen LogP contribution < -0.4 is 0 Å². The quantitative estimate of drug-likeness (QED) is 0.626. The number of hydrogen-bond donors (Lipinski definition) is 1. The first kappa shape index (κ1) is 12.3. The molecule has 0 unspecified atom stereocenters. The van der Waals surface area contributed by atoms with Crippen molar-refractivity contribution in [1.82, 2.24) is 4.98 Å². The van der Waals surface area contributed by atoms with Crippen LogP contribution in [0.25, 0.3) is 22.4 Å². The molecule has 0 amide bonds. The summed E-state index contributed by atoms with van der Waals surface area (Å²) in [4.78, 5) is 3.28. The standard InChI is InChI=1S/C16H11Cl2N/c17-14-5-1-11(2-6-14)13-9-16(19-10-13)12-3-7-15(18)8-4-12/h1-10,19H. The Kier molecular flexibility index (Phi) is 3.33. The van der Waals surface area contributed by atoms with Crippen LogP contribution in [0.3, 0.4) is 0 Å². The topological polar surface area (TPSA) is 15.8 Å². The Morgan fingerprint density at radius 3 is 1.74 bits per heavy atom. The molecule has 0 aliphatic heterocycles. The van der Waals surface area contributed by atoms with E-state index < -0.39 is 0 Å². The van der Waals surface area contributed by atoms with Gasteiger partial charge in [0.25, 0.3) is 0 Å². The minimum absolute atomic E-state index is 0.744. The predicted octanol–water partition coefficient (Wildman–Crippen LogP) is 5.66. The molecule has 0 spiro atoms. The van der Waals surface area contributed by atoms with Crippen LogP contribution in [0.2, 0.25) is 10.0 Å². The number of aromatic nitrogens is 1. The summed E-state index contributed by atoms with van der Waals surface area (Å²) in [5.74, 6) is 0. The lowest BCUT2D eigenvalue weighted by Gasteiger charge is -1.98. The lowest BCUT2D eigenvalue weighted by molar-refractivity contribution is 1.40. The van der Waals surface area contributed by atoms with Gasteiger partial charge in [0.15, 0.2) is 0 Å². The first-order valence-corrected chi connectivity index (χ1v) is 6.68. The third-order valence-corrected chi connectivity index (χ3v) is 3.52. The predicted molar refractivity (Wildman–Crippen MR) is 81.7 cm³/mol. The van der Waals surface area contributed by atoms with Gasteiger partial charge in [-0.05, 0) is 47.0 Å². The molecule has 3 heteroatoms. The minimum atomic E-state index is 0.744. The molecule has 3 rings (SSSR count). The Hall–Kier alpha value is -1.70. The van der Waals surface area contributed by atoms with Crippen LogP contribution in [0.4, 0.5) is 0 Å². The Morgan fingerprint density at radius 2 is 1.16 bits per heavy atom. The fraction of sp³-hybridized carbons (Fsp3) is 0. The zero-order valence-electron chi connectivity index (χ0n) is 10.0. The lowest BCUT2D eigenvalue weighted by Crippen LogP contribution is -1.75. The van der Waals surface area contributed by atoms with Gasteiger partial charge in [-0.1, -0.05) is 47.5 Å². The Labute approximate surface area is 121 Å². The Morgan fingerprint density at radius 1 is 0.632 bits per heavy atom. The highest BCUT2D eigenvalue weighted by Crippen LogP contribution is 2.27. The third kappa shape index (κ3) is 2.67. The van der Waals surface area contributed by atoms with Crippen molar-refractivity contribution in [2.24, 2.45) is 0 Å². The molecule has 0 aliphatic carbocycles. The van der Waals surface area contributed by atoms with Gasteiger partial charge in [-0.2, -0.15) is 0 Å². The lowest BCUT2D eigenvalue weighted by atomic mass is 10.1. The number of rotatable bonds is 2. The van der Waals surface area contributed by atoms with Gasteiger partial charge in [0.05, 0.1) is 0 Å². The zero-order valence-corrected chi connectivity index (χ0v) is 11.5. The monoisotopic (exact) mass is 287 g/mol. The van der Waals surface area contributed by atoms with Crippen molar-refractivity contribution in [3.05, 3.63) is 70.8 Å². The molecule has 1 aromatic heterocycles. The summed E-state index contributed by atoms with van der Waals surface area (Å²) < 4.78 is 0. The summed E-state index contributed by atoms with van der Waals surface area (Å²) in [6, 6.07) is 17.7. The van der Waals surface area contributed by atoms with E-state index in [-0.39, 0.29) is 0 Å². The van der Waals surface area contributed by atoms with E-state index in [1.165, 1.54) is 0 Å². The molecule has 1 N–H and O–H groups in total.